The first-order valence-corrected chi connectivity index (χ1v) is 6.40. The lowest BCUT2D eigenvalue weighted by molar-refractivity contribution is -0.135. The minimum absolute atomic E-state index is 0.0133. The first-order chi connectivity index (χ1) is 9.35. The van der Waals surface area contributed by atoms with Crippen LogP contribution in [-0.2, 0) is 13.2 Å². The van der Waals surface area contributed by atoms with Gasteiger partial charge in [-0.2, -0.15) is 13.2 Å². The maximum atomic E-state index is 11.9. The molecule has 1 rings (SSSR count). The van der Waals surface area contributed by atoms with Gasteiger partial charge in [-0.25, -0.2) is 0 Å². The zero-order valence-corrected chi connectivity index (χ0v) is 11.3. The highest BCUT2D eigenvalue weighted by Gasteiger charge is 2.25. The van der Waals surface area contributed by atoms with E-state index in [1.54, 1.807) is 6.92 Å². The van der Waals surface area contributed by atoms with Crippen molar-refractivity contribution < 1.29 is 23.4 Å². The Hall–Kier alpha value is -1.34. The summed E-state index contributed by atoms with van der Waals surface area (Å²) in [6, 6.07) is 0. The van der Waals surface area contributed by atoms with Gasteiger partial charge in [-0.3, -0.25) is 4.98 Å². The lowest BCUT2D eigenvalue weighted by Crippen LogP contribution is -2.17. The minimum Gasteiger partial charge on any atom is -0.506 e. The van der Waals surface area contributed by atoms with Crippen molar-refractivity contribution in [2.24, 2.45) is 0 Å². The number of aromatic nitrogens is 1. The molecule has 114 valence electrons. The molecular weight excluding hydrogens is 273 g/mol. The SMILES string of the molecule is Cc1ncc(CO)c(CNCCCCC(F)(F)F)c1O. The summed E-state index contributed by atoms with van der Waals surface area (Å²) in [5.74, 6) is 0.0133. The molecule has 0 spiro atoms. The number of nitrogens with one attached hydrogen (secondary N) is 1. The predicted octanol–water partition coefficient (Wildman–Crippen LogP) is 2.41. The van der Waals surface area contributed by atoms with E-state index in [1.165, 1.54) is 6.20 Å². The number of pyridine rings is 1. The van der Waals surface area contributed by atoms with Gasteiger partial charge in [0.25, 0.3) is 0 Å². The Morgan fingerprint density at radius 2 is 2.00 bits per heavy atom. The van der Waals surface area contributed by atoms with Crippen molar-refractivity contribution >= 4 is 0 Å². The molecule has 1 aromatic heterocycles. The number of aromatic hydroxyl groups is 1. The standard InChI is InChI=1S/C13H19F3N2O2/c1-9-12(20)11(10(8-19)6-18-9)7-17-5-3-2-4-13(14,15)16/h6,17,19-20H,2-5,7-8H2,1H3. The smallest absolute Gasteiger partial charge is 0.389 e. The van der Waals surface area contributed by atoms with Crippen LogP contribution < -0.4 is 5.32 Å². The van der Waals surface area contributed by atoms with Crippen LogP contribution in [0.3, 0.4) is 0 Å². The third-order valence-corrected chi connectivity index (χ3v) is 2.97. The van der Waals surface area contributed by atoms with E-state index in [1.807, 2.05) is 0 Å². The molecule has 3 N–H and O–H groups in total. The second-order valence-corrected chi connectivity index (χ2v) is 4.60. The van der Waals surface area contributed by atoms with Crippen molar-refractivity contribution in [1.29, 1.82) is 0 Å². The molecule has 20 heavy (non-hydrogen) atoms. The van der Waals surface area contributed by atoms with Gasteiger partial charge in [-0.15, -0.1) is 0 Å². The lowest BCUT2D eigenvalue weighted by atomic mass is 10.1. The van der Waals surface area contributed by atoms with Crippen molar-refractivity contribution in [3.05, 3.63) is 23.0 Å². The fourth-order valence-electron chi connectivity index (χ4n) is 1.81. The maximum absolute atomic E-state index is 11.9. The number of aryl methyl sites for hydroxylation is 1. The van der Waals surface area contributed by atoms with Crippen LogP contribution in [0, 0.1) is 6.92 Å². The molecule has 0 atom stereocenters. The third kappa shape index (κ3) is 5.34. The summed E-state index contributed by atoms with van der Waals surface area (Å²) in [6.07, 6.45) is -2.93. The first kappa shape index (κ1) is 16.7. The third-order valence-electron chi connectivity index (χ3n) is 2.97. The number of nitrogens with zero attached hydrogens (tertiary/aromatic N) is 1. The minimum atomic E-state index is -4.11. The second kappa shape index (κ2) is 7.44. The molecule has 0 saturated carbocycles. The van der Waals surface area contributed by atoms with Gasteiger partial charge in [-0.05, 0) is 26.3 Å². The van der Waals surface area contributed by atoms with E-state index in [-0.39, 0.29) is 25.3 Å². The highest BCUT2D eigenvalue weighted by molar-refractivity contribution is 5.40. The van der Waals surface area contributed by atoms with Gasteiger partial charge < -0.3 is 15.5 Å². The normalized spacial score (nSPS) is 11.8. The van der Waals surface area contributed by atoms with E-state index in [0.717, 1.165) is 0 Å². The average Bonchev–Trinajstić information content (AvgIpc) is 2.37. The molecule has 4 nitrogen and oxygen atoms in total. The Balaban J connectivity index is 2.41. The number of aliphatic hydroxyl groups is 1. The fourth-order valence-corrected chi connectivity index (χ4v) is 1.81. The van der Waals surface area contributed by atoms with E-state index in [2.05, 4.69) is 10.3 Å². The fraction of sp³-hybridized carbons (Fsp3) is 0.615. The van der Waals surface area contributed by atoms with Crippen LogP contribution in [0.1, 0.15) is 36.1 Å². The number of unbranched alkanes of at least 4 members (excludes halogenated alkanes) is 1. The lowest BCUT2D eigenvalue weighted by Gasteiger charge is -2.12. The maximum Gasteiger partial charge on any atom is 0.389 e. The van der Waals surface area contributed by atoms with Crippen LogP contribution in [-0.4, -0.2) is 27.9 Å². The molecule has 0 saturated heterocycles. The van der Waals surface area contributed by atoms with Crippen LogP contribution in [0.2, 0.25) is 0 Å². The second-order valence-electron chi connectivity index (χ2n) is 4.60. The summed E-state index contributed by atoms with van der Waals surface area (Å²) in [4.78, 5) is 3.93. The van der Waals surface area contributed by atoms with Crippen LogP contribution in [0.15, 0.2) is 6.20 Å². The van der Waals surface area contributed by atoms with Crippen molar-refractivity contribution in [2.75, 3.05) is 6.54 Å². The van der Waals surface area contributed by atoms with Gasteiger partial charge in [0.05, 0.1) is 12.3 Å². The number of hydrogen-bond donors (Lipinski definition) is 3. The van der Waals surface area contributed by atoms with Crippen molar-refractivity contribution in [1.82, 2.24) is 10.3 Å². The number of aliphatic hydroxyl groups excluding tert-OH is 1. The van der Waals surface area contributed by atoms with Crippen LogP contribution >= 0.6 is 0 Å². The highest BCUT2D eigenvalue weighted by atomic mass is 19.4. The highest BCUT2D eigenvalue weighted by Crippen LogP contribution is 2.24. The molecule has 0 aliphatic heterocycles. The largest absolute Gasteiger partial charge is 0.506 e. The van der Waals surface area contributed by atoms with E-state index in [9.17, 15) is 18.3 Å². The van der Waals surface area contributed by atoms with Gasteiger partial charge in [0.2, 0.25) is 0 Å². The number of alkyl halides is 3. The number of halogens is 3. The summed E-state index contributed by atoms with van der Waals surface area (Å²) < 4.78 is 35.8. The molecule has 0 aliphatic rings. The molecule has 7 heteroatoms. The Kier molecular flexibility index (Phi) is 6.22. The summed E-state index contributed by atoms with van der Waals surface area (Å²) >= 11 is 0. The molecule has 0 amide bonds. The molecule has 0 unspecified atom stereocenters. The van der Waals surface area contributed by atoms with Crippen LogP contribution in [0.5, 0.6) is 5.75 Å². The molecule has 0 bridgehead atoms. The quantitative estimate of drug-likeness (QED) is 0.675. The molecule has 0 fully saturated rings. The summed E-state index contributed by atoms with van der Waals surface area (Å²) in [7, 11) is 0. The topological polar surface area (TPSA) is 65.4 Å². The van der Waals surface area contributed by atoms with E-state index in [4.69, 9.17) is 5.11 Å². The Labute approximate surface area is 115 Å². The summed E-state index contributed by atoms with van der Waals surface area (Å²) in [5.41, 5.74) is 1.50. The number of rotatable bonds is 7. The Bertz CT molecular complexity index is 436. The number of hydrogen-bond acceptors (Lipinski definition) is 4. The molecule has 0 radical (unpaired) electrons. The van der Waals surface area contributed by atoms with Crippen molar-refractivity contribution in [3.8, 4) is 5.75 Å². The molecule has 0 aromatic carbocycles. The summed E-state index contributed by atoms with van der Waals surface area (Å²) in [6.45, 7) is 2.11. The van der Waals surface area contributed by atoms with Crippen LogP contribution in [0.25, 0.3) is 0 Å². The molecular formula is C13H19F3N2O2. The van der Waals surface area contributed by atoms with Gasteiger partial charge in [-0.1, -0.05) is 0 Å². The summed E-state index contributed by atoms with van der Waals surface area (Å²) in [5, 5.41) is 22.0. The van der Waals surface area contributed by atoms with E-state index < -0.39 is 12.6 Å². The van der Waals surface area contributed by atoms with Gasteiger partial charge in [0.1, 0.15) is 5.75 Å². The Morgan fingerprint density at radius 1 is 1.30 bits per heavy atom. The van der Waals surface area contributed by atoms with Gasteiger partial charge in [0, 0.05) is 30.3 Å². The average molecular weight is 292 g/mol. The van der Waals surface area contributed by atoms with Crippen molar-refractivity contribution in [2.45, 2.75) is 45.5 Å². The van der Waals surface area contributed by atoms with Gasteiger partial charge in [0.15, 0.2) is 0 Å². The molecule has 1 aromatic rings. The Morgan fingerprint density at radius 3 is 2.60 bits per heavy atom. The molecule has 0 aliphatic carbocycles. The van der Waals surface area contributed by atoms with Crippen molar-refractivity contribution in [3.63, 3.8) is 0 Å². The predicted molar refractivity (Wildman–Crippen MR) is 68.2 cm³/mol. The molecule has 1 heterocycles. The van der Waals surface area contributed by atoms with Crippen LogP contribution in [0.4, 0.5) is 13.2 Å². The first-order valence-electron chi connectivity index (χ1n) is 6.40. The van der Waals surface area contributed by atoms with Gasteiger partial charge >= 0.3 is 6.18 Å². The zero-order chi connectivity index (χ0) is 15.2. The van der Waals surface area contributed by atoms with E-state index in [0.29, 0.717) is 29.8 Å². The van der Waals surface area contributed by atoms with E-state index >= 15 is 0 Å². The monoisotopic (exact) mass is 292 g/mol. The zero-order valence-electron chi connectivity index (χ0n) is 11.3.